The van der Waals surface area contributed by atoms with Crippen LogP contribution in [0.3, 0.4) is 0 Å². The average Bonchev–Trinajstić information content (AvgIpc) is 2.45. The molecule has 0 aromatic heterocycles. The summed E-state index contributed by atoms with van der Waals surface area (Å²) >= 11 is 0. The van der Waals surface area contributed by atoms with Gasteiger partial charge >= 0.3 is 0 Å². The molecule has 0 aliphatic heterocycles. The maximum absolute atomic E-state index is 12.3. The highest BCUT2D eigenvalue weighted by molar-refractivity contribution is 6.05. The van der Waals surface area contributed by atoms with E-state index in [-0.39, 0.29) is 5.78 Å². The van der Waals surface area contributed by atoms with E-state index in [1.165, 1.54) is 0 Å². The molecule has 3 nitrogen and oxygen atoms in total. The monoisotopic (exact) mass is 273 g/mol. The van der Waals surface area contributed by atoms with Gasteiger partial charge in [-0.25, -0.2) is 0 Å². The minimum atomic E-state index is -1.08. The van der Waals surface area contributed by atoms with E-state index in [9.17, 15) is 9.59 Å². The van der Waals surface area contributed by atoms with Gasteiger partial charge in [0.1, 0.15) is 11.2 Å². The number of carbonyl (C=O) groups is 2. The number of carbonyl (C=O) groups excluding carboxylic acids is 2. The Kier molecular flexibility index (Phi) is 5.68. The first-order valence-electron chi connectivity index (χ1n) is 7.04. The van der Waals surface area contributed by atoms with Gasteiger partial charge in [0.25, 0.3) is 0 Å². The molecule has 0 aliphatic rings. The average molecular weight is 273 g/mol. The van der Waals surface area contributed by atoms with Crippen LogP contribution in [0.1, 0.15) is 44.2 Å². The van der Waals surface area contributed by atoms with Crippen molar-refractivity contribution in [2.24, 2.45) is 11.1 Å². The zero-order valence-electron chi connectivity index (χ0n) is 12.3. The van der Waals surface area contributed by atoms with E-state index in [1.54, 1.807) is 6.08 Å². The van der Waals surface area contributed by atoms with Gasteiger partial charge in [-0.05, 0) is 30.4 Å². The number of amides is 1. The molecule has 1 atom stereocenters. The minimum absolute atomic E-state index is 0.0530. The molecule has 108 valence electrons. The predicted octanol–water partition coefficient (Wildman–Crippen LogP) is 3.12. The molecule has 0 spiro atoms. The highest BCUT2D eigenvalue weighted by atomic mass is 16.2. The van der Waals surface area contributed by atoms with Gasteiger partial charge in [-0.2, -0.15) is 0 Å². The number of primary amides is 1. The number of rotatable bonds is 8. The van der Waals surface area contributed by atoms with Crippen LogP contribution in [0.15, 0.2) is 30.8 Å². The van der Waals surface area contributed by atoms with E-state index in [1.807, 2.05) is 38.1 Å². The van der Waals surface area contributed by atoms with E-state index in [2.05, 4.69) is 6.58 Å². The molecular weight excluding hydrogens is 250 g/mol. The number of nitrogens with two attached hydrogens (primary N) is 1. The summed E-state index contributed by atoms with van der Waals surface area (Å²) in [5.74, 6) is -0.575. The third-order valence-corrected chi connectivity index (χ3v) is 3.81. The van der Waals surface area contributed by atoms with Crippen molar-refractivity contribution in [2.75, 3.05) is 0 Å². The molecule has 0 heterocycles. The van der Waals surface area contributed by atoms with Crippen LogP contribution in [0.4, 0.5) is 0 Å². The maximum Gasteiger partial charge on any atom is 0.231 e. The van der Waals surface area contributed by atoms with Crippen LogP contribution in [0, 0.1) is 5.41 Å². The first-order chi connectivity index (χ1) is 9.50. The molecule has 1 unspecified atom stereocenters. The second kappa shape index (κ2) is 7.04. The quantitative estimate of drug-likeness (QED) is 0.740. The lowest BCUT2D eigenvalue weighted by molar-refractivity contribution is -0.140. The first-order valence-corrected chi connectivity index (χ1v) is 7.04. The van der Waals surface area contributed by atoms with Gasteiger partial charge in [-0.1, -0.05) is 50.8 Å². The van der Waals surface area contributed by atoms with Gasteiger partial charge in [0, 0.05) is 6.42 Å². The fraction of sp³-hybridized carbons (Fsp3) is 0.412. The molecule has 0 aliphatic carbocycles. The zero-order valence-corrected chi connectivity index (χ0v) is 12.3. The molecule has 1 aromatic rings. The van der Waals surface area contributed by atoms with Crippen LogP contribution in [0.25, 0.3) is 6.08 Å². The Hall–Kier alpha value is -1.90. The topological polar surface area (TPSA) is 60.2 Å². The lowest BCUT2D eigenvalue weighted by Crippen LogP contribution is -2.45. The van der Waals surface area contributed by atoms with Gasteiger partial charge in [0.05, 0.1) is 0 Å². The molecule has 3 heteroatoms. The minimum Gasteiger partial charge on any atom is -0.369 e. The summed E-state index contributed by atoms with van der Waals surface area (Å²) in [5.41, 5.74) is 6.42. The van der Waals surface area contributed by atoms with Crippen molar-refractivity contribution in [1.82, 2.24) is 0 Å². The second-order valence-corrected chi connectivity index (χ2v) is 5.10. The molecule has 0 saturated heterocycles. The summed E-state index contributed by atoms with van der Waals surface area (Å²) in [7, 11) is 0. The van der Waals surface area contributed by atoms with Crippen LogP contribution in [-0.4, -0.2) is 11.7 Å². The Morgan fingerprint density at radius 3 is 2.25 bits per heavy atom. The van der Waals surface area contributed by atoms with E-state index in [0.717, 1.165) is 17.5 Å². The van der Waals surface area contributed by atoms with Crippen LogP contribution < -0.4 is 5.73 Å². The lowest BCUT2D eigenvalue weighted by atomic mass is 9.73. The van der Waals surface area contributed by atoms with Crippen LogP contribution >= 0.6 is 0 Å². The number of hydrogen-bond donors (Lipinski definition) is 1. The van der Waals surface area contributed by atoms with Crippen molar-refractivity contribution >= 4 is 17.8 Å². The maximum atomic E-state index is 12.3. The third-order valence-electron chi connectivity index (χ3n) is 3.81. The SMILES string of the molecule is C=Cc1ccc(CC(CC)(C(N)=O)C(=O)CCC)cc1. The standard InChI is InChI=1S/C17H23NO2/c1-4-7-15(19)17(6-3,16(18)20)12-14-10-8-13(5-2)9-11-14/h5,8-11H,2,4,6-7,12H2,1,3H3,(H2,18,20). The number of ketones is 1. The fourth-order valence-electron chi connectivity index (χ4n) is 2.41. The Morgan fingerprint density at radius 2 is 1.85 bits per heavy atom. The summed E-state index contributed by atoms with van der Waals surface area (Å²) in [5, 5.41) is 0. The summed E-state index contributed by atoms with van der Waals surface area (Å²) < 4.78 is 0. The van der Waals surface area contributed by atoms with Crippen LogP contribution in [0.2, 0.25) is 0 Å². The lowest BCUT2D eigenvalue weighted by Gasteiger charge is -2.28. The largest absolute Gasteiger partial charge is 0.369 e. The van der Waals surface area contributed by atoms with Crippen molar-refractivity contribution in [2.45, 2.75) is 39.5 Å². The molecular formula is C17H23NO2. The Labute approximate surface area is 120 Å². The Morgan fingerprint density at radius 1 is 1.25 bits per heavy atom. The van der Waals surface area contributed by atoms with Gasteiger partial charge in [-0.15, -0.1) is 0 Å². The summed E-state index contributed by atoms with van der Waals surface area (Å²) in [6, 6.07) is 7.69. The molecule has 0 fully saturated rings. The molecule has 0 bridgehead atoms. The molecule has 1 amide bonds. The fourth-order valence-corrected chi connectivity index (χ4v) is 2.41. The number of Topliss-reactive ketones (excluding diaryl/α,β-unsaturated/α-hetero) is 1. The number of benzene rings is 1. The third kappa shape index (κ3) is 3.35. The van der Waals surface area contributed by atoms with Crippen molar-refractivity contribution in [3.05, 3.63) is 42.0 Å². The molecule has 0 saturated carbocycles. The normalized spacial score (nSPS) is 13.5. The number of hydrogen-bond acceptors (Lipinski definition) is 2. The smallest absolute Gasteiger partial charge is 0.231 e. The van der Waals surface area contributed by atoms with Gasteiger partial charge in [-0.3, -0.25) is 9.59 Å². The van der Waals surface area contributed by atoms with Crippen LogP contribution in [0.5, 0.6) is 0 Å². The van der Waals surface area contributed by atoms with Crippen molar-refractivity contribution < 1.29 is 9.59 Å². The van der Waals surface area contributed by atoms with Gasteiger partial charge < -0.3 is 5.73 Å². The van der Waals surface area contributed by atoms with E-state index in [4.69, 9.17) is 5.73 Å². The van der Waals surface area contributed by atoms with Crippen molar-refractivity contribution in [3.63, 3.8) is 0 Å². The van der Waals surface area contributed by atoms with E-state index in [0.29, 0.717) is 19.3 Å². The predicted molar refractivity (Wildman–Crippen MR) is 82.1 cm³/mol. The summed E-state index contributed by atoms with van der Waals surface area (Å²) in [6.45, 7) is 7.48. The first kappa shape index (κ1) is 16.2. The summed E-state index contributed by atoms with van der Waals surface area (Å²) in [6.07, 6.45) is 3.68. The Bertz CT molecular complexity index is 490. The molecule has 0 radical (unpaired) electrons. The molecule has 2 N–H and O–H groups in total. The van der Waals surface area contributed by atoms with Crippen LogP contribution in [-0.2, 0) is 16.0 Å². The Balaban J connectivity index is 3.07. The molecule has 1 aromatic carbocycles. The molecule has 1 rings (SSSR count). The van der Waals surface area contributed by atoms with Crippen molar-refractivity contribution in [1.29, 1.82) is 0 Å². The van der Waals surface area contributed by atoms with Gasteiger partial charge in [0.15, 0.2) is 0 Å². The zero-order chi connectivity index (χ0) is 15.2. The highest BCUT2D eigenvalue weighted by Gasteiger charge is 2.41. The van der Waals surface area contributed by atoms with E-state index < -0.39 is 11.3 Å². The highest BCUT2D eigenvalue weighted by Crippen LogP contribution is 2.30. The molecule has 20 heavy (non-hydrogen) atoms. The second-order valence-electron chi connectivity index (χ2n) is 5.10. The van der Waals surface area contributed by atoms with E-state index >= 15 is 0 Å². The van der Waals surface area contributed by atoms with Gasteiger partial charge in [0.2, 0.25) is 5.91 Å². The van der Waals surface area contributed by atoms with Crippen molar-refractivity contribution in [3.8, 4) is 0 Å². The summed E-state index contributed by atoms with van der Waals surface area (Å²) in [4.78, 5) is 24.2.